The van der Waals surface area contributed by atoms with Crippen molar-refractivity contribution in [2.45, 2.75) is 20.3 Å². The third-order valence-corrected chi connectivity index (χ3v) is 3.61. The van der Waals surface area contributed by atoms with Gasteiger partial charge in [0.25, 0.3) is 0 Å². The summed E-state index contributed by atoms with van der Waals surface area (Å²) >= 11 is 0. The molecule has 0 radical (unpaired) electrons. The van der Waals surface area contributed by atoms with Gasteiger partial charge in [-0.2, -0.15) is 0 Å². The molecular weight excluding hydrogens is 278 g/mol. The summed E-state index contributed by atoms with van der Waals surface area (Å²) in [5, 5.41) is 11.7. The van der Waals surface area contributed by atoms with Gasteiger partial charge in [0.05, 0.1) is 5.56 Å². The maximum absolute atomic E-state index is 12.3. The SMILES string of the molecule is Cc1ccccc1CC(C)C(=O)Nc1cccc(C(=O)O)c1. The summed E-state index contributed by atoms with van der Waals surface area (Å²) in [7, 11) is 0. The standard InChI is InChI=1S/C18H19NO3/c1-12-6-3-4-7-14(12)10-13(2)17(20)19-16-9-5-8-15(11-16)18(21)22/h3-9,11,13H,10H2,1-2H3,(H,19,20)(H,21,22). The summed E-state index contributed by atoms with van der Waals surface area (Å²) in [5.74, 6) is -1.33. The van der Waals surface area contributed by atoms with Crippen molar-refractivity contribution in [2.24, 2.45) is 5.92 Å². The van der Waals surface area contributed by atoms with Gasteiger partial charge in [0.15, 0.2) is 0 Å². The Kier molecular flexibility index (Phi) is 4.94. The van der Waals surface area contributed by atoms with Gasteiger partial charge in [-0.25, -0.2) is 4.79 Å². The van der Waals surface area contributed by atoms with Crippen molar-refractivity contribution in [1.82, 2.24) is 0 Å². The second-order valence-corrected chi connectivity index (χ2v) is 5.41. The van der Waals surface area contributed by atoms with Crippen molar-refractivity contribution in [3.8, 4) is 0 Å². The lowest BCUT2D eigenvalue weighted by Gasteiger charge is -2.14. The smallest absolute Gasteiger partial charge is 0.335 e. The van der Waals surface area contributed by atoms with Gasteiger partial charge in [-0.05, 0) is 42.7 Å². The average Bonchev–Trinajstić information content (AvgIpc) is 2.49. The Morgan fingerprint density at radius 3 is 2.55 bits per heavy atom. The van der Waals surface area contributed by atoms with E-state index >= 15 is 0 Å². The first kappa shape index (κ1) is 15.8. The van der Waals surface area contributed by atoms with Crippen LogP contribution in [0.3, 0.4) is 0 Å². The van der Waals surface area contributed by atoms with E-state index in [1.165, 1.54) is 12.1 Å². The van der Waals surface area contributed by atoms with Gasteiger partial charge >= 0.3 is 5.97 Å². The quantitative estimate of drug-likeness (QED) is 0.887. The van der Waals surface area contributed by atoms with Crippen LogP contribution in [-0.2, 0) is 11.2 Å². The normalized spacial score (nSPS) is 11.7. The predicted octanol–water partition coefficient (Wildman–Crippen LogP) is 3.51. The molecule has 2 aromatic carbocycles. The highest BCUT2D eigenvalue weighted by Gasteiger charge is 2.15. The number of aryl methyl sites for hydroxylation is 1. The molecular formula is C18H19NO3. The van der Waals surface area contributed by atoms with Gasteiger partial charge in [0.2, 0.25) is 5.91 Å². The summed E-state index contributed by atoms with van der Waals surface area (Å²) in [6.45, 7) is 3.89. The zero-order chi connectivity index (χ0) is 16.1. The monoisotopic (exact) mass is 297 g/mol. The Labute approximate surface area is 129 Å². The third kappa shape index (κ3) is 3.95. The van der Waals surface area contributed by atoms with E-state index in [1.807, 2.05) is 38.1 Å². The fourth-order valence-corrected chi connectivity index (χ4v) is 2.26. The van der Waals surface area contributed by atoms with Crippen LogP contribution in [0.1, 0.15) is 28.4 Å². The second kappa shape index (κ2) is 6.89. The molecule has 0 saturated carbocycles. The van der Waals surface area contributed by atoms with E-state index < -0.39 is 5.97 Å². The molecule has 0 aliphatic heterocycles. The highest BCUT2D eigenvalue weighted by atomic mass is 16.4. The van der Waals surface area contributed by atoms with Crippen LogP contribution in [0.25, 0.3) is 0 Å². The number of anilines is 1. The van der Waals surface area contributed by atoms with Gasteiger partial charge in [-0.15, -0.1) is 0 Å². The van der Waals surface area contributed by atoms with Crippen LogP contribution in [0.4, 0.5) is 5.69 Å². The molecule has 22 heavy (non-hydrogen) atoms. The van der Waals surface area contributed by atoms with Crippen molar-refractivity contribution in [1.29, 1.82) is 0 Å². The number of rotatable bonds is 5. The highest BCUT2D eigenvalue weighted by Crippen LogP contribution is 2.16. The lowest BCUT2D eigenvalue weighted by Crippen LogP contribution is -2.22. The van der Waals surface area contributed by atoms with Gasteiger partial charge in [0.1, 0.15) is 0 Å². The molecule has 4 nitrogen and oxygen atoms in total. The van der Waals surface area contributed by atoms with Crippen molar-refractivity contribution in [2.75, 3.05) is 5.32 Å². The zero-order valence-electron chi connectivity index (χ0n) is 12.7. The molecule has 1 amide bonds. The summed E-state index contributed by atoms with van der Waals surface area (Å²) in [5.41, 5.74) is 2.96. The molecule has 1 atom stereocenters. The lowest BCUT2D eigenvalue weighted by molar-refractivity contribution is -0.119. The first-order valence-corrected chi connectivity index (χ1v) is 7.16. The summed E-state index contributed by atoms with van der Waals surface area (Å²) in [6.07, 6.45) is 0.650. The van der Waals surface area contributed by atoms with Gasteiger partial charge in [0, 0.05) is 11.6 Å². The fourth-order valence-electron chi connectivity index (χ4n) is 2.26. The number of carboxylic acid groups (broad SMARTS) is 1. The first-order chi connectivity index (χ1) is 10.5. The lowest BCUT2D eigenvalue weighted by atomic mass is 9.97. The minimum atomic E-state index is -1.01. The Bertz CT molecular complexity index is 694. The number of hydrogen-bond acceptors (Lipinski definition) is 2. The van der Waals surface area contributed by atoms with Crippen LogP contribution < -0.4 is 5.32 Å². The van der Waals surface area contributed by atoms with Crippen LogP contribution in [0.15, 0.2) is 48.5 Å². The van der Waals surface area contributed by atoms with E-state index in [0.717, 1.165) is 11.1 Å². The van der Waals surface area contributed by atoms with Crippen LogP contribution in [0.5, 0.6) is 0 Å². The van der Waals surface area contributed by atoms with Crippen molar-refractivity contribution in [3.05, 3.63) is 65.2 Å². The molecule has 0 bridgehead atoms. The Balaban J connectivity index is 2.04. The van der Waals surface area contributed by atoms with Crippen LogP contribution in [-0.4, -0.2) is 17.0 Å². The van der Waals surface area contributed by atoms with Crippen molar-refractivity contribution >= 4 is 17.6 Å². The topological polar surface area (TPSA) is 66.4 Å². The summed E-state index contributed by atoms with van der Waals surface area (Å²) in [6, 6.07) is 14.2. The molecule has 114 valence electrons. The molecule has 0 heterocycles. The number of carbonyl (C=O) groups is 2. The molecule has 0 spiro atoms. The summed E-state index contributed by atoms with van der Waals surface area (Å²) < 4.78 is 0. The molecule has 0 aliphatic carbocycles. The van der Waals surface area contributed by atoms with E-state index in [1.54, 1.807) is 12.1 Å². The number of aromatic carboxylic acids is 1. The minimum Gasteiger partial charge on any atom is -0.478 e. The van der Waals surface area contributed by atoms with E-state index in [-0.39, 0.29) is 17.4 Å². The Morgan fingerprint density at radius 2 is 1.86 bits per heavy atom. The van der Waals surface area contributed by atoms with Gasteiger partial charge < -0.3 is 10.4 Å². The first-order valence-electron chi connectivity index (χ1n) is 7.16. The molecule has 2 N–H and O–H groups in total. The number of nitrogens with one attached hydrogen (secondary N) is 1. The second-order valence-electron chi connectivity index (χ2n) is 5.41. The number of carboxylic acids is 1. The largest absolute Gasteiger partial charge is 0.478 e. The van der Waals surface area contributed by atoms with E-state index in [9.17, 15) is 9.59 Å². The van der Waals surface area contributed by atoms with E-state index in [2.05, 4.69) is 5.32 Å². The van der Waals surface area contributed by atoms with Crippen LogP contribution in [0.2, 0.25) is 0 Å². The Hall–Kier alpha value is -2.62. The van der Waals surface area contributed by atoms with Gasteiger partial charge in [-0.1, -0.05) is 37.3 Å². The van der Waals surface area contributed by atoms with Gasteiger partial charge in [-0.3, -0.25) is 4.79 Å². The third-order valence-electron chi connectivity index (χ3n) is 3.61. The maximum Gasteiger partial charge on any atom is 0.335 e. The fraction of sp³-hybridized carbons (Fsp3) is 0.222. The average molecular weight is 297 g/mol. The molecule has 2 rings (SSSR count). The summed E-state index contributed by atoms with van der Waals surface area (Å²) in [4.78, 5) is 23.2. The van der Waals surface area contributed by atoms with E-state index in [0.29, 0.717) is 12.1 Å². The highest BCUT2D eigenvalue weighted by molar-refractivity contribution is 5.94. The molecule has 0 fully saturated rings. The molecule has 4 heteroatoms. The van der Waals surface area contributed by atoms with Crippen LogP contribution in [0, 0.1) is 12.8 Å². The molecule has 0 aromatic heterocycles. The Morgan fingerprint density at radius 1 is 1.14 bits per heavy atom. The van der Waals surface area contributed by atoms with Crippen molar-refractivity contribution < 1.29 is 14.7 Å². The zero-order valence-corrected chi connectivity index (χ0v) is 12.7. The number of amides is 1. The van der Waals surface area contributed by atoms with E-state index in [4.69, 9.17) is 5.11 Å². The van der Waals surface area contributed by atoms with Crippen molar-refractivity contribution in [3.63, 3.8) is 0 Å². The molecule has 1 unspecified atom stereocenters. The number of benzene rings is 2. The predicted molar refractivity (Wildman–Crippen MR) is 86.1 cm³/mol. The molecule has 0 saturated heterocycles. The number of carbonyl (C=O) groups excluding carboxylic acids is 1. The maximum atomic E-state index is 12.3. The molecule has 0 aliphatic rings. The number of hydrogen-bond donors (Lipinski definition) is 2. The minimum absolute atomic E-state index is 0.120. The van der Waals surface area contributed by atoms with Crippen LogP contribution >= 0.6 is 0 Å². The molecule has 2 aromatic rings.